The Morgan fingerprint density at radius 3 is 2.63 bits per heavy atom. The fraction of sp³-hybridized carbons (Fsp3) is 0.200. The van der Waals surface area contributed by atoms with Gasteiger partial charge in [0.15, 0.2) is 0 Å². The zero-order valence-electron chi connectivity index (χ0n) is 10.5. The molecule has 0 saturated carbocycles. The van der Waals surface area contributed by atoms with Crippen LogP contribution >= 0.6 is 27.5 Å². The normalized spacial score (nSPS) is 12.5. The van der Waals surface area contributed by atoms with Crippen LogP contribution in [0.2, 0.25) is 5.02 Å². The van der Waals surface area contributed by atoms with E-state index in [1.807, 2.05) is 25.1 Å². The predicted octanol–water partition coefficient (Wildman–Crippen LogP) is 4.79. The molecule has 1 unspecified atom stereocenters. The summed E-state index contributed by atoms with van der Waals surface area (Å²) in [7, 11) is 0. The van der Waals surface area contributed by atoms with Gasteiger partial charge in [-0.05, 0) is 42.7 Å². The molecule has 0 amide bonds. The largest absolute Gasteiger partial charge is 0.324 e. The van der Waals surface area contributed by atoms with Gasteiger partial charge in [-0.1, -0.05) is 45.7 Å². The molecule has 1 atom stereocenters. The van der Waals surface area contributed by atoms with E-state index in [0.29, 0.717) is 17.0 Å². The lowest BCUT2D eigenvalue weighted by molar-refractivity contribution is 0.593. The topological polar surface area (TPSA) is 26.0 Å². The second kappa shape index (κ2) is 6.04. The zero-order chi connectivity index (χ0) is 14.0. The average Bonchev–Trinajstić information content (AvgIpc) is 2.37. The standard InChI is InChI=1S/C15H14BrClFN/c1-9-10(4-2-5-12(9)16)15(19)8-11-13(17)6-3-7-14(11)18/h2-7,15H,8,19H2,1H3. The van der Waals surface area contributed by atoms with Crippen LogP contribution in [-0.2, 0) is 6.42 Å². The molecular formula is C15H14BrClFN. The Bertz CT molecular complexity index is 580. The summed E-state index contributed by atoms with van der Waals surface area (Å²) < 4.78 is 14.8. The molecule has 0 spiro atoms. The molecular weight excluding hydrogens is 329 g/mol. The summed E-state index contributed by atoms with van der Waals surface area (Å²) in [6.07, 6.45) is 0.378. The first kappa shape index (κ1) is 14.5. The molecule has 0 heterocycles. The molecule has 0 aliphatic carbocycles. The third-order valence-corrected chi connectivity index (χ3v) is 4.41. The molecule has 0 aromatic heterocycles. The van der Waals surface area contributed by atoms with E-state index < -0.39 is 0 Å². The minimum absolute atomic E-state index is 0.285. The smallest absolute Gasteiger partial charge is 0.127 e. The van der Waals surface area contributed by atoms with E-state index in [9.17, 15) is 4.39 Å². The number of benzene rings is 2. The van der Waals surface area contributed by atoms with E-state index in [1.165, 1.54) is 6.07 Å². The van der Waals surface area contributed by atoms with Crippen LogP contribution in [0.15, 0.2) is 40.9 Å². The van der Waals surface area contributed by atoms with E-state index in [0.717, 1.165) is 15.6 Å². The highest BCUT2D eigenvalue weighted by Crippen LogP contribution is 2.28. The molecule has 2 N–H and O–H groups in total. The second-order valence-electron chi connectivity index (χ2n) is 4.46. The van der Waals surface area contributed by atoms with Gasteiger partial charge in [-0.15, -0.1) is 0 Å². The van der Waals surface area contributed by atoms with Crippen LogP contribution in [0.5, 0.6) is 0 Å². The Morgan fingerprint density at radius 2 is 1.95 bits per heavy atom. The molecule has 2 aromatic rings. The van der Waals surface area contributed by atoms with Crippen LogP contribution in [0.1, 0.15) is 22.7 Å². The highest BCUT2D eigenvalue weighted by molar-refractivity contribution is 9.10. The Balaban J connectivity index is 2.31. The maximum absolute atomic E-state index is 13.8. The van der Waals surface area contributed by atoms with Crippen molar-refractivity contribution in [3.8, 4) is 0 Å². The molecule has 100 valence electrons. The number of nitrogens with two attached hydrogens (primary N) is 1. The fourth-order valence-electron chi connectivity index (χ4n) is 2.08. The fourth-order valence-corrected chi connectivity index (χ4v) is 2.70. The van der Waals surface area contributed by atoms with Crippen LogP contribution in [0.25, 0.3) is 0 Å². The van der Waals surface area contributed by atoms with E-state index in [1.54, 1.807) is 12.1 Å². The molecule has 0 bridgehead atoms. The van der Waals surface area contributed by atoms with Gasteiger partial charge in [0.2, 0.25) is 0 Å². The highest BCUT2D eigenvalue weighted by atomic mass is 79.9. The van der Waals surface area contributed by atoms with Crippen LogP contribution in [0, 0.1) is 12.7 Å². The van der Waals surface area contributed by atoms with Gasteiger partial charge in [0, 0.05) is 21.1 Å². The van der Waals surface area contributed by atoms with Gasteiger partial charge in [0.1, 0.15) is 5.82 Å². The van der Waals surface area contributed by atoms with Crippen molar-refractivity contribution >= 4 is 27.5 Å². The molecule has 0 fully saturated rings. The molecule has 2 aromatic carbocycles. The number of hydrogen-bond donors (Lipinski definition) is 1. The van der Waals surface area contributed by atoms with Gasteiger partial charge >= 0.3 is 0 Å². The molecule has 0 radical (unpaired) electrons. The van der Waals surface area contributed by atoms with Crippen LogP contribution in [0.3, 0.4) is 0 Å². The van der Waals surface area contributed by atoms with Crippen molar-refractivity contribution in [3.63, 3.8) is 0 Å². The van der Waals surface area contributed by atoms with Crippen LogP contribution < -0.4 is 5.73 Å². The minimum atomic E-state index is -0.310. The van der Waals surface area contributed by atoms with E-state index in [2.05, 4.69) is 15.9 Å². The lowest BCUT2D eigenvalue weighted by Crippen LogP contribution is -2.16. The summed E-state index contributed by atoms with van der Waals surface area (Å²) in [6.45, 7) is 1.99. The van der Waals surface area contributed by atoms with Crippen molar-refractivity contribution in [2.45, 2.75) is 19.4 Å². The first-order chi connectivity index (χ1) is 9.00. The Labute approximate surface area is 125 Å². The van der Waals surface area contributed by atoms with Gasteiger partial charge in [0.25, 0.3) is 0 Å². The predicted molar refractivity (Wildman–Crippen MR) is 80.9 cm³/mol. The Kier molecular flexibility index (Phi) is 4.61. The number of rotatable bonds is 3. The SMILES string of the molecule is Cc1c(Br)cccc1C(N)Cc1c(F)cccc1Cl. The Morgan fingerprint density at radius 1 is 1.26 bits per heavy atom. The number of hydrogen-bond acceptors (Lipinski definition) is 1. The molecule has 1 nitrogen and oxygen atoms in total. The van der Waals surface area contributed by atoms with Crippen LogP contribution in [0.4, 0.5) is 4.39 Å². The summed E-state index contributed by atoms with van der Waals surface area (Å²) in [5.74, 6) is -0.310. The van der Waals surface area contributed by atoms with Crippen molar-refractivity contribution < 1.29 is 4.39 Å². The van der Waals surface area contributed by atoms with Gasteiger partial charge < -0.3 is 5.73 Å². The molecule has 0 aliphatic heterocycles. The van der Waals surface area contributed by atoms with Gasteiger partial charge in [-0.25, -0.2) is 4.39 Å². The zero-order valence-corrected chi connectivity index (χ0v) is 12.8. The third-order valence-electron chi connectivity index (χ3n) is 3.19. The van der Waals surface area contributed by atoms with Crippen molar-refractivity contribution in [1.82, 2.24) is 0 Å². The first-order valence-electron chi connectivity index (χ1n) is 5.94. The highest BCUT2D eigenvalue weighted by Gasteiger charge is 2.15. The average molecular weight is 343 g/mol. The van der Waals surface area contributed by atoms with Gasteiger partial charge in [-0.3, -0.25) is 0 Å². The van der Waals surface area contributed by atoms with Crippen molar-refractivity contribution in [3.05, 3.63) is 68.4 Å². The van der Waals surface area contributed by atoms with Gasteiger partial charge in [0.05, 0.1) is 0 Å². The lowest BCUT2D eigenvalue weighted by atomic mass is 9.96. The molecule has 4 heteroatoms. The summed E-state index contributed by atoms with van der Waals surface area (Å²) >= 11 is 9.50. The minimum Gasteiger partial charge on any atom is -0.324 e. The quantitative estimate of drug-likeness (QED) is 0.852. The van der Waals surface area contributed by atoms with E-state index in [-0.39, 0.29) is 11.9 Å². The molecule has 2 rings (SSSR count). The molecule has 0 aliphatic rings. The third kappa shape index (κ3) is 3.16. The molecule has 19 heavy (non-hydrogen) atoms. The van der Waals surface area contributed by atoms with Crippen LogP contribution in [-0.4, -0.2) is 0 Å². The van der Waals surface area contributed by atoms with Crippen molar-refractivity contribution in [2.24, 2.45) is 5.73 Å². The lowest BCUT2D eigenvalue weighted by Gasteiger charge is -2.17. The van der Waals surface area contributed by atoms with Crippen molar-refractivity contribution in [2.75, 3.05) is 0 Å². The maximum Gasteiger partial charge on any atom is 0.127 e. The second-order valence-corrected chi connectivity index (χ2v) is 5.73. The number of halogens is 3. The first-order valence-corrected chi connectivity index (χ1v) is 7.11. The van der Waals surface area contributed by atoms with Crippen molar-refractivity contribution in [1.29, 1.82) is 0 Å². The summed E-state index contributed by atoms with van der Waals surface area (Å²) in [4.78, 5) is 0. The molecule has 0 saturated heterocycles. The van der Waals surface area contributed by atoms with E-state index >= 15 is 0 Å². The Hall–Kier alpha value is -0.900. The van der Waals surface area contributed by atoms with Gasteiger partial charge in [-0.2, -0.15) is 0 Å². The summed E-state index contributed by atoms with van der Waals surface area (Å²) in [5, 5.41) is 0.420. The monoisotopic (exact) mass is 341 g/mol. The summed E-state index contributed by atoms with van der Waals surface area (Å²) in [6, 6.07) is 10.2. The van der Waals surface area contributed by atoms with E-state index in [4.69, 9.17) is 17.3 Å². The maximum atomic E-state index is 13.8. The summed E-state index contributed by atoms with van der Waals surface area (Å²) in [5.41, 5.74) is 8.72.